The first kappa shape index (κ1) is 12.8. The summed E-state index contributed by atoms with van der Waals surface area (Å²) in [6.45, 7) is 1.84. The third-order valence-electron chi connectivity index (χ3n) is 2.80. The Kier molecular flexibility index (Phi) is 3.79. The van der Waals surface area contributed by atoms with Crippen LogP contribution in [0.15, 0.2) is 18.2 Å². The fourth-order valence-electron chi connectivity index (χ4n) is 1.81. The molecule has 94 valence electrons. The van der Waals surface area contributed by atoms with Gasteiger partial charge in [-0.25, -0.2) is 0 Å². The van der Waals surface area contributed by atoms with Gasteiger partial charge in [-0.3, -0.25) is 4.79 Å². The first-order valence-electron chi connectivity index (χ1n) is 5.78. The molecule has 0 saturated carbocycles. The van der Waals surface area contributed by atoms with Gasteiger partial charge < -0.3 is 19.8 Å². The van der Waals surface area contributed by atoms with Crippen molar-refractivity contribution in [2.75, 3.05) is 5.32 Å². The quantitative estimate of drug-likeness (QED) is 0.746. The van der Waals surface area contributed by atoms with Crippen LogP contribution in [0.1, 0.15) is 25.3 Å². The summed E-state index contributed by atoms with van der Waals surface area (Å²) in [4.78, 5) is 22.3. The van der Waals surface area contributed by atoms with Crippen LogP contribution in [-0.4, -0.2) is 23.8 Å². The van der Waals surface area contributed by atoms with E-state index in [0.717, 1.165) is 5.56 Å². The second-order valence-electron chi connectivity index (χ2n) is 4.33. The summed E-state index contributed by atoms with van der Waals surface area (Å²) < 4.78 is 5.06. The van der Waals surface area contributed by atoms with Crippen LogP contribution in [0, 0.1) is 0 Å². The molecular formula is C12H14BNO4. The third kappa shape index (κ3) is 2.97. The van der Waals surface area contributed by atoms with Gasteiger partial charge in [0, 0.05) is 18.5 Å². The van der Waals surface area contributed by atoms with Gasteiger partial charge in [0.1, 0.15) is 5.78 Å². The van der Waals surface area contributed by atoms with Crippen molar-refractivity contribution in [3.63, 3.8) is 0 Å². The molecule has 1 heterocycles. The molecule has 2 rings (SSSR count). The van der Waals surface area contributed by atoms with Crippen LogP contribution >= 0.6 is 0 Å². The van der Waals surface area contributed by atoms with Gasteiger partial charge in [-0.1, -0.05) is 6.07 Å². The molecule has 1 amide bonds. The summed E-state index contributed by atoms with van der Waals surface area (Å²) in [5.74, 6) is -0.221. The van der Waals surface area contributed by atoms with Gasteiger partial charge in [0.05, 0.1) is 6.61 Å². The van der Waals surface area contributed by atoms with E-state index in [1.165, 1.54) is 6.92 Å². The number of anilines is 1. The minimum atomic E-state index is -0.922. The number of fused-ring (bicyclic) bond motifs is 1. The third-order valence-corrected chi connectivity index (χ3v) is 2.80. The lowest BCUT2D eigenvalue weighted by atomic mass is 9.79. The molecule has 1 aromatic rings. The van der Waals surface area contributed by atoms with E-state index >= 15 is 0 Å². The van der Waals surface area contributed by atoms with Crippen molar-refractivity contribution >= 4 is 30.0 Å². The van der Waals surface area contributed by atoms with Crippen LogP contribution in [0.5, 0.6) is 0 Å². The van der Waals surface area contributed by atoms with Gasteiger partial charge in [-0.15, -0.1) is 0 Å². The molecule has 0 bridgehead atoms. The Morgan fingerprint density at radius 3 is 2.94 bits per heavy atom. The van der Waals surface area contributed by atoms with E-state index in [1.807, 2.05) is 6.07 Å². The van der Waals surface area contributed by atoms with Gasteiger partial charge in [0.15, 0.2) is 0 Å². The van der Waals surface area contributed by atoms with Crippen molar-refractivity contribution in [2.24, 2.45) is 0 Å². The molecular weight excluding hydrogens is 233 g/mol. The van der Waals surface area contributed by atoms with Crippen molar-refractivity contribution in [1.82, 2.24) is 0 Å². The molecule has 0 aliphatic carbocycles. The number of ketones is 1. The summed E-state index contributed by atoms with van der Waals surface area (Å²) in [6, 6.07) is 5.26. The van der Waals surface area contributed by atoms with Crippen LogP contribution in [0.4, 0.5) is 5.69 Å². The predicted molar refractivity (Wildman–Crippen MR) is 67.4 cm³/mol. The number of amides is 1. The SMILES string of the molecule is CC(=O)CCC(=O)Nc1ccc2c(c1)B(O)OC2. The smallest absolute Gasteiger partial charge is 0.423 e. The van der Waals surface area contributed by atoms with Crippen LogP contribution in [0.3, 0.4) is 0 Å². The number of carbonyl (C=O) groups is 2. The van der Waals surface area contributed by atoms with E-state index in [9.17, 15) is 14.6 Å². The Hall–Kier alpha value is -1.66. The minimum absolute atomic E-state index is 0.0112. The highest BCUT2D eigenvalue weighted by Gasteiger charge is 2.27. The number of nitrogens with one attached hydrogen (secondary N) is 1. The average Bonchev–Trinajstić information content (AvgIpc) is 2.69. The van der Waals surface area contributed by atoms with Crippen molar-refractivity contribution in [3.8, 4) is 0 Å². The second kappa shape index (κ2) is 5.33. The maximum atomic E-state index is 11.5. The molecule has 5 nitrogen and oxygen atoms in total. The molecule has 0 atom stereocenters. The Balaban J connectivity index is 2.00. The van der Waals surface area contributed by atoms with E-state index in [2.05, 4.69) is 5.32 Å². The number of rotatable bonds is 4. The van der Waals surface area contributed by atoms with Crippen molar-refractivity contribution in [1.29, 1.82) is 0 Å². The van der Waals surface area contributed by atoms with E-state index in [4.69, 9.17) is 4.65 Å². The maximum absolute atomic E-state index is 11.5. The zero-order valence-electron chi connectivity index (χ0n) is 10.1. The highest BCUT2D eigenvalue weighted by Crippen LogP contribution is 2.14. The van der Waals surface area contributed by atoms with E-state index in [1.54, 1.807) is 12.1 Å². The fourth-order valence-corrected chi connectivity index (χ4v) is 1.81. The first-order chi connectivity index (χ1) is 8.56. The highest BCUT2D eigenvalue weighted by molar-refractivity contribution is 6.61. The fraction of sp³-hybridized carbons (Fsp3) is 0.333. The van der Waals surface area contributed by atoms with Crippen LogP contribution in [0.25, 0.3) is 0 Å². The molecule has 2 N–H and O–H groups in total. The summed E-state index contributed by atoms with van der Waals surface area (Å²) in [6.07, 6.45) is 0.411. The summed E-state index contributed by atoms with van der Waals surface area (Å²) in [7, 11) is -0.922. The molecule has 1 aromatic carbocycles. The van der Waals surface area contributed by atoms with Gasteiger partial charge in [0.2, 0.25) is 5.91 Å². The normalized spacial score (nSPS) is 13.3. The van der Waals surface area contributed by atoms with Crippen LogP contribution < -0.4 is 10.8 Å². The Morgan fingerprint density at radius 2 is 2.22 bits per heavy atom. The minimum Gasteiger partial charge on any atom is -0.423 e. The van der Waals surface area contributed by atoms with Crippen molar-refractivity contribution in [3.05, 3.63) is 23.8 Å². The van der Waals surface area contributed by atoms with Gasteiger partial charge in [-0.05, 0) is 30.1 Å². The molecule has 0 spiro atoms. The van der Waals surface area contributed by atoms with Crippen LogP contribution in [-0.2, 0) is 20.9 Å². The second-order valence-corrected chi connectivity index (χ2v) is 4.33. The molecule has 1 aliphatic rings. The van der Waals surface area contributed by atoms with Gasteiger partial charge in [0.25, 0.3) is 0 Å². The highest BCUT2D eigenvalue weighted by atomic mass is 16.5. The standard InChI is InChI=1S/C12H14BNO4/c1-8(15)2-5-12(16)14-10-4-3-9-7-18-13(17)11(9)6-10/h3-4,6,17H,2,5,7H2,1H3,(H,14,16). The lowest BCUT2D eigenvalue weighted by molar-refractivity contribution is -0.121. The molecule has 0 saturated heterocycles. The van der Waals surface area contributed by atoms with Crippen molar-refractivity contribution < 1.29 is 19.3 Å². The molecule has 0 unspecified atom stereocenters. The molecule has 18 heavy (non-hydrogen) atoms. The number of hydrogen-bond donors (Lipinski definition) is 2. The Bertz CT molecular complexity index is 489. The van der Waals surface area contributed by atoms with E-state index < -0.39 is 7.12 Å². The molecule has 0 fully saturated rings. The van der Waals surface area contributed by atoms with Gasteiger partial charge in [-0.2, -0.15) is 0 Å². The van der Waals surface area contributed by atoms with E-state index in [0.29, 0.717) is 17.8 Å². The lowest BCUT2D eigenvalue weighted by Crippen LogP contribution is -2.28. The van der Waals surface area contributed by atoms with E-state index in [-0.39, 0.29) is 24.5 Å². The molecule has 1 aliphatic heterocycles. The van der Waals surface area contributed by atoms with Crippen molar-refractivity contribution in [2.45, 2.75) is 26.4 Å². The maximum Gasteiger partial charge on any atom is 0.491 e. The predicted octanol–water partition coefficient (Wildman–Crippen LogP) is 0.212. The zero-order valence-corrected chi connectivity index (χ0v) is 10.1. The molecule has 0 radical (unpaired) electrons. The monoisotopic (exact) mass is 247 g/mol. The summed E-state index contributed by atoms with van der Waals surface area (Å²) in [5, 5.41) is 12.2. The summed E-state index contributed by atoms with van der Waals surface area (Å²) >= 11 is 0. The average molecular weight is 247 g/mol. The molecule has 0 aromatic heterocycles. The largest absolute Gasteiger partial charge is 0.491 e. The Morgan fingerprint density at radius 1 is 1.44 bits per heavy atom. The number of carbonyl (C=O) groups excluding carboxylic acids is 2. The summed E-state index contributed by atoms with van der Waals surface area (Å²) in [5.41, 5.74) is 2.20. The molecule has 6 heteroatoms. The lowest BCUT2D eigenvalue weighted by Gasteiger charge is -2.06. The van der Waals surface area contributed by atoms with Crippen LogP contribution in [0.2, 0.25) is 0 Å². The zero-order chi connectivity index (χ0) is 13.1. The Labute approximate surface area is 105 Å². The number of hydrogen-bond acceptors (Lipinski definition) is 4. The topological polar surface area (TPSA) is 75.6 Å². The number of benzene rings is 1. The van der Waals surface area contributed by atoms with Gasteiger partial charge >= 0.3 is 7.12 Å². The number of Topliss-reactive ketones (excluding diaryl/α,β-unsaturated/α-hetero) is 1. The first-order valence-corrected chi connectivity index (χ1v) is 5.78.